The highest BCUT2D eigenvalue weighted by Crippen LogP contribution is 2.23. The maximum absolute atomic E-state index is 12.2. The molecule has 0 radical (unpaired) electrons. The fourth-order valence-electron chi connectivity index (χ4n) is 1.98. The number of nitrogens with zero attached hydrogens (tertiary/aromatic N) is 1. The Kier molecular flexibility index (Phi) is 6.64. The molecule has 1 aromatic heterocycles. The smallest absolute Gasteiger partial charge is 0.238 e. The van der Waals surface area contributed by atoms with Crippen LogP contribution in [0.4, 0.5) is 5.69 Å². The number of amides is 1. The second kappa shape index (κ2) is 8.48. The Bertz CT molecular complexity index is 659. The molecule has 0 aliphatic rings. The first-order valence-electron chi connectivity index (χ1n) is 6.70. The van der Waals surface area contributed by atoms with Crippen molar-refractivity contribution in [3.05, 3.63) is 62.7 Å². The molecule has 0 atom stereocenters. The molecule has 2 aromatic rings. The molecule has 0 saturated carbocycles. The summed E-state index contributed by atoms with van der Waals surface area (Å²) in [6.45, 7) is 5.39. The van der Waals surface area contributed by atoms with Gasteiger partial charge in [0.25, 0.3) is 0 Å². The summed E-state index contributed by atoms with van der Waals surface area (Å²) in [5.41, 5.74) is 0.631. The standard InChI is InChI=1S/C16H16BrClN2OS/c1-2-9-20(10-12-7-8-15(17)22-12)11-16(21)19-14-6-4-3-5-13(14)18/h2-8H,1,9-11H2,(H,19,21). The minimum absolute atomic E-state index is 0.0921. The van der Waals surface area contributed by atoms with Gasteiger partial charge in [0.05, 0.1) is 21.0 Å². The molecule has 2 rings (SSSR count). The lowest BCUT2D eigenvalue weighted by Gasteiger charge is -2.19. The van der Waals surface area contributed by atoms with E-state index in [1.165, 1.54) is 4.88 Å². The third-order valence-corrected chi connectivity index (χ3v) is 4.85. The quantitative estimate of drug-likeness (QED) is 0.679. The van der Waals surface area contributed by atoms with Crippen molar-refractivity contribution < 1.29 is 4.79 Å². The number of para-hydroxylation sites is 1. The van der Waals surface area contributed by atoms with E-state index in [1.54, 1.807) is 29.5 Å². The van der Waals surface area contributed by atoms with Crippen molar-refractivity contribution in [3.63, 3.8) is 0 Å². The maximum Gasteiger partial charge on any atom is 0.238 e. The molecule has 0 fully saturated rings. The van der Waals surface area contributed by atoms with E-state index in [1.807, 2.05) is 23.1 Å². The SMILES string of the molecule is C=CCN(CC(=O)Nc1ccccc1Cl)Cc1ccc(Br)s1. The van der Waals surface area contributed by atoms with Gasteiger partial charge < -0.3 is 5.32 Å². The van der Waals surface area contributed by atoms with Gasteiger partial charge >= 0.3 is 0 Å². The third-order valence-electron chi connectivity index (χ3n) is 2.91. The summed E-state index contributed by atoms with van der Waals surface area (Å²) >= 11 is 11.2. The highest BCUT2D eigenvalue weighted by atomic mass is 79.9. The Morgan fingerprint density at radius 3 is 2.77 bits per heavy atom. The summed E-state index contributed by atoms with van der Waals surface area (Å²) in [5, 5.41) is 3.37. The molecule has 3 nitrogen and oxygen atoms in total. The van der Waals surface area contributed by atoms with E-state index in [-0.39, 0.29) is 12.5 Å². The molecule has 22 heavy (non-hydrogen) atoms. The van der Waals surface area contributed by atoms with Crippen LogP contribution in [0.2, 0.25) is 5.02 Å². The summed E-state index contributed by atoms with van der Waals surface area (Å²) in [6.07, 6.45) is 1.80. The lowest BCUT2D eigenvalue weighted by Crippen LogP contribution is -2.32. The molecule has 6 heteroatoms. The van der Waals surface area contributed by atoms with Gasteiger partial charge in [-0.1, -0.05) is 29.8 Å². The minimum Gasteiger partial charge on any atom is -0.324 e. The lowest BCUT2D eigenvalue weighted by atomic mass is 10.3. The normalized spacial score (nSPS) is 10.7. The van der Waals surface area contributed by atoms with E-state index in [0.29, 0.717) is 23.8 Å². The summed E-state index contributed by atoms with van der Waals surface area (Å²) in [6, 6.07) is 11.3. The van der Waals surface area contributed by atoms with Gasteiger partial charge in [-0.05, 0) is 40.2 Å². The Hall–Kier alpha value is -1.14. The Morgan fingerprint density at radius 2 is 2.14 bits per heavy atom. The van der Waals surface area contributed by atoms with Crippen LogP contribution in [-0.4, -0.2) is 23.9 Å². The first kappa shape index (κ1) is 17.2. The van der Waals surface area contributed by atoms with Gasteiger partial charge in [0.2, 0.25) is 5.91 Å². The molecule has 1 N–H and O–H groups in total. The average Bonchev–Trinajstić information content (AvgIpc) is 2.87. The van der Waals surface area contributed by atoms with E-state index in [4.69, 9.17) is 11.6 Å². The van der Waals surface area contributed by atoms with Crippen molar-refractivity contribution in [1.82, 2.24) is 4.90 Å². The van der Waals surface area contributed by atoms with Crippen LogP contribution in [0.25, 0.3) is 0 Å². The van der Waals surface area contributed by atoms with Gasteiger partial charge in [0.1, 0.15) is 0 Å². The number of rotatable bonds is 7. The van der Waals surface area contributed by atoms with E-state index in [0.717, 1.165) is 3.79 Å². The van der Waals surface area contributed by atoms with Crippen LogP contribution >= 0.6 is 38.9 Å². The van der Waals surface area contributed by atoms with E-state index in [9.17, 15) is 4.79 Å². The van der Waals surface area contributed by atoms with Crippen molar-refractivity contribution in [2.45, 2.75) is 6.54 Å². The summed E-state index contributed by atoms with van der Waals surface area (Å²) in [5.74, 6) is -0.0921. The Morgan fingerprint density at radius 1 is 1.36 bits per heavy atom. The van der Waals surface area contributed by atoms with Crippen molar-refractivity contribution in [3.8, 4) is 0 Å². The first-order valence-corrected chi connectivity index (χ1v) is 8.69. The highest BCUT2D eigenvalue weighted by Gasteiger charge is 2.12. The average molecular weight is 400 g/mol. The number of hydrogen-bond donors (Lipinski definition) is 1. The fourth-order valence-corrected chi connectivity index (χ4v) is 3.69. The fraction of sp³-hybridized carbons (Fsp3) is 0.188. The number of thiophene rings is 1. The number of hydrogen-bond acceptors (Lipinski definition) is 3. The number of carbonyl (C=O) groups excluding carboxylic acids is 1. The van der Waals surface area contributed by atoms with Crippen LogP contribution in [0.5, 0.6) is 0 Å². The monoisotopic (exact) mass is 398 g/mol. The molecule has 0 saturated heterocycles. The molecule has 0 aliphatic carbocycles. The van der Waals surface area contributed by atoms with Crippen LogP contribution in [0.1, 0.15) is 4.88 Å². The van der Waals surface area contributed by atoms with Gasteiger partial charge in [-0.15, -0.1) is 17.9 Å². The zero-order chi connectivity index (χ0) is 15.9. The van der Waals surface area contributed by atoms with E-state index < -0.39 is 0 Å². The number of benzene rings is 1. The summed E-state index contributed by atoms with van der Waals surface area (Å²) in [7, 11) is 0. The molecular formula is C16H16BrClN2OS. The second-order valence-corrected chi connectivity index (χ2v) is 7.65. The number of carbonyl (C=O) groups is 1. The highest BCUT2D eigenvalue weighted by molar-refractivity contribution is 9.11. The molecule has 1 aromatic carbocycles. The van der Waals surface area contributed by atoms with Crippen LogP contribution in [-0.2, 0) is 11.3 Å². The molecule has 1 heterocycles. The second-order valence-electron chi connectivity index (χ2n) is 4.69. The van der Waals surface area contributed by atoms with E-state index in [2.05, 4.69) is 33.9 Å². The van der Waals surface area contributed by atoms with Crippen LogP contribution < -0.4 is 5.32 Å². The Labute approximate surface area is 147 Å². The topological polar surface area (TPSA) is 32.3 Å². The van der Waals surface area contributed by atoms with Crippen LogP contribution in [0.15, 0.2) is 52.8 Å². The van der Waals surface area contributed by atoms with E-state index >= 15 is 0 Å². The predicted octanol–water partition coefficient (Wildman–Crippen LogP) is 4.79. The molecule has 0 spiro atoms. The van der Waals surface area contributed by atoms with Crippen LogP contribution in [0, 0.1) is 0 Å². The Balaban J connectivity index is 1.96. The maximum atomic E-state index is 12.2. The van der Waals surface area contributed by atoms with Crippen LogP contribution in [0.3, 0.4) is 0 Å². The molecule has 0 unspecified atom stereocenters. The predicted molar refractivity (Wildman–Crippen MR) is 97.6 cm³/mol. The zero-order valence-electron chi connectivity index (χ0n) is 11.9. The molecule has 116 valence electrons. The van der Waals surface area contributed by atoms with Gasteiger partial charge in [0, 0.05) is 18.0 Å². The molecule has 0 bridgehead atoms. The largest absolute Gasteiger partial charge is 0.324 e. The van der Waals surface area contributed by atoms with Gasteiger partial charge in [-0.3, -0.25) is 9.69 Å². The summed E-state index contributed by atoms with van der Waals surface area (Å²) in [4.78, 5) is 15.4. The molecular weight excluding hydrogens is 384 g/mol. The van der Waals surface area contributed by atoms with Gasteiger partial charge in [-0.25, -0.2) is 0 Å². The molecule has 0 aliphatic heterocycles. The number of anilines is 1. The van der Waals surface area contributed by atoms with Crippen molar-refractivity contribution in [2.75, 3.05) is 18.4 Å². The van der Waals surface area contributed by atoms with Crippen molar-refractivity contribution in [1.29, 1.82) is 0 Å². The number of nitrogens with one attached hydrogen (secondary N) is 1. The zero-order valence-corrected chi connectivity index (χ0v) is 15.0. The van der Waals surface area contributed by atoms with Crippen molar-refractivity contribution >= 4 is 50.5 Å². The van der Waals surface area contributed by atoms with Crippen molar-refractivity contribution in [2.24, 2.45) is 0 Å². The lowest BCUT2D eigenvalue weighted by molar-refractivity contribution is -0.117. The number of halogens is 2. The summed E-state index contributed by atoms with van der Waals surface area (Å²) < 4.78 is 1.08. The molecule has 1 amide bonds. The van der Waals surface area contributed by atoms with Gasteiger partial charge in [0.15, 0.2) is 0 Å². The van der Waals surface area contributed by atoms with Gasteiger partial charge in [-0.2, -0.15) is 0 Å². The third kappa shape index (κ3) is 5.25. The first-order chi connectivity index (χ1) is 10.6. The minimum atomic E-state index is -0.0921.